The van der Waals surface area contributed by atoms with Gasteiger partial charge in [0.15, 0.2) is 0 Å². The van der Waals surface area contributed by atoms with E-state index < -0.39 is 17.2 Å². The molecule has 4 nitrogen and oxygen atoms in total. The van der Waals surface area contributed by atoms with Gasteiger partial charge in [0.05, 0.1) is 23.4 Å². The third-order valence-corrected chi connectivity index (χ3v) is 4.94. The summed E-state index contributed by atoms with van der Waals surface area (Å²) in [6.45, 7) is 8.64. The van der Waals surface area contributed by atoms with Gasteiger partial charge in [0, 0.05) is 30.7 Å². The van der Waals surface area contributed by atoms with Crippen molar-refractivity contribution in [2.45, 2.75) is 33.3 Å². The molecule has 0 aliphatic rings. The largest absolute Gasteiger partial charge is 0.366 e. The quantitative estimate of drug-likeness (QED) is 0.431. The lowest BCUT2D eigenvalue weighted by Gasteiger charge is -2.31. The van der Waals surface area contributed by atoms with Gasteiger partial charge in [-0.05, 0) is 67.4 Å². The van der Waals surface area contributed by atoms with Crippen LogP contribution in [0.15, 0.2) is 33.7 Å². The smallest absolute Gasteiger partial charge is 0.133 e. The zero-order valence-electron chi connectivity index (χ0n) is 16.2. The van der Waals surface area contributed by atoms with Crippen molar-refractivity contribution in [3.63, 3.8) is 0 Å². The highest BCUT2D eigenvalue weighted by atomic mass is 79.9. The minimum absolute atomic E-state index is 0.350. The third kappa shape index (κ3) is 4.90. The summed E-state index contributed by atoms with van der Waals surface area (Å²) in [6.07, 6.45) is 1.74. The van der Waals surface area contributed by atoms with Crippen LogP contribution in [-0.4, -0.2) is 36.4 Å². The van der Waals surface area contributed by atoms with E-state index in [0.29, 0.717) is 33.7 Å². The second kappa shape index (κ2) is 8.89. The SMILES string of the molecule is CCOC(C)(c1cc(F)cc(F)c1)c1nc(C)c(N=CN(C)CC)cc1Br. The van der Waals surface area contributed by atoms with E-state index in [1.807, 2.05) is 38.8 Å². The van der Waals surface area contributed by atoms with Crippen molar-refractivity contribution in [3.8, 4) is 0 Å². The summed E-state index contributed by atoms with van der Waals surface area (Å²) in [7, 11) is 1.93. The van der Waals surface area contributed by atoms with Gasteiger partial charge in [-0.15, -0.1) is 0 Å². The summed E-state index contributed by atoms with van der Waals surface area (Å²) < 4.78 is 34.2. The number of ether oxygens (including phenoxy) is 1. The highest BCUT2D eigenvalue weighted by molar-refractivity contribution is 9.10. The first-order valence-electron chi connectivity index (χ1n) is 8.73. The van der Waals surface area contributed by atoms with Crippen LogP contribution in [0.5, 0.6) is 0 Å². The normalized spacial score (nSPS) is 13.8. The Kier molecular flexibility index (Phi) is 7.06. The molecule has 0 N–H and O–H groups in total. The summed E-state index contributed by atoms with van der Waals surface area (Å²) in [5.41, 5.74) is 1.17. The van der Waals surface area contributed by atoms with Gasteiger partial charge in [0.2, 0.25) is 0 Å². The Morgan fingerprint density at radius 1 is 1.22 bits per heavy atom. The van der Waals surface area contributed by atoms with Crippen LogP contribution in [0.3, 0.4) is 0 Å². The van der Waals surface area contributed by atoms with Crippen LogP contribution in [0.4, 0.5) is 14.5 Å². The number of halogens is 3. The lowest BCUT2D eigenvalue weighted by Crippen LogP contribution is -2.30. The Bertz CT molecular complexity index is 824. The van der Waals surface area contributed by atoms with E-state index in [-0.39, 0.29) is 0 Å². The fourth-order valence-corrected chi connectivity index (χ4v) is 3.37. The Morgan fingerprint density at radius 3 is 2.41 bits per heavy atom. The second-order valence-electron chi connectivity index (χ2n) is 6.37. The Labute approximate surface area is 167 Å². The van der Waals surface area contributed by atoms with Crippen molar-refractivity contribution < 1.29 is 13.5 Å². The molecule has 0 spiro atoms. The number of nitrogens with zero attached hydrogens (tertiary/aromatic N) is 3. The van der Waals surface area contributed by atoms with Gasteiger partial charge in [-0.25, -0.2) is 13.8 Å². The van der Waals surface area contributed by atoms with Crippen molar-refractivity contribution in [1.29, 1.82) is 0 Å². The zero-order valence-corrected chi connectivity index (χ0v) is 17.8. The molecule has 2 aromatic rings. The van der Waals surface area contributed by atoms with E-state index in [1.54, 1.807) is 13.3 Å². The molecule has 0 aliphatic carbocycles. The van der Waals surface area contributed by atoms with Crippen molar-refractivity contribution >= 4 is 28.0 Å². The van der Waals surface area contributed by atoms with Gasteiger partial charge < -0.3 is 9.64 Å². The molecule has 0 fully saturated rings. The average molecular weight is 440 g/mol. The fourth-order valence-electron chi connectivity index (χ4n) is 2.69. The van der Waals surface area contributed by atoms with Crippen LogP contribution < -0.4 is 0 Å². The van der Waals surface area contributed by atoms with Gasteiger partial charge >= 0.3 is 0 Å². The number of hydrogen-bond donors (Lipinski definition) is 0. The first kappa shape index (κ1) is 21.4. The summed E-state index contributed by atoms with van der Waals surface area (Å²) in [5.74, 6) is -1.32. The van der Waals surface area contributed by atoms with Gasteiger partial charge in [-0.3, -0.25) is 4.98 Å². The monoisotopic (exact) mass is 439 g/mol. The molecule has 1 unspecified atom stereocenters. The maximum absolute atomic E-state index is 13.8. The summed E-state index contributed by atoms with van der Waals surface area (Å²) >= 11 is 3.53. The third-order valence-electron chi connectivity index (χ3n) is 4.33. The molecule has 0 bridgehead atoms. The van der Waals surface area contributed by atoms with Crippen molar-refractivity contribution in [2.75, 3.05) is 20.2 Å². The molecule has 7 heteroatoms. The minimum Gasteiger partial charge on any atom is -0.366 e. The van der Waals surface area contributed by atoms with Crippen LogP contribution in [0, 0.1) is 18.6 Å². The van der Waals surface area contributed by atoms with Crippen LogP contribution in [0.1, 0.15) is 37.7 Å². The Morgan fingerprint density at radius 2 is 1.85 bits per heavy atom. The predicted octanol–water partition coefficient (Wildman–Crippen LogP) is 5.34. The van der Waals surface area contributed by atoms with E-state index in [2.05, 4.69) is 25.9 Å². The predicted molar refractivity (Wildman–Crippen MR) is 108 cm³/mol. The van der Waals surface area contributed by atoms with Crippen molar-refractivity contribution in [1.82, 2.24) is 9.88 Å². The van der Waals surface area contributed by atoms with Gasteiger partial charge in [-0.2, -0.15) is 0 Å². The summed E-state index contributed by atoms with van der Waals surface area (Å²) in [5, 5.41) is 0. The van der Waals surface area contributed by atoms with Crippen LogP contribution >= 0.6 is 15.9 Å². The molecule has 0 saturated heterocycles. The number of aromatic nitrogens is 1. The lowest BCUT2D eigenvalue weighted by atomic mass is 9.91. The molecular weight excluding hydrogens is 416 g/mol. The van der Waals surface area contributed by atoms with Crippen LogP contribution in [0.2, 0.25) is 0 Å². The first-order chi connectivity index (χ1) is 12.7. The second-order valence-corrected chi connectivity index (χ2v) is 7.22. The summed E-state index contributed by atoms with van der Waals surface area (Å²) in [4.78, 5) is 11.1. The average Bonchev–Trinajstić information content (AvgIpc) is 2.61. The molecule has 0 amide bonds. The van der Waals surface area contributed by atoms with Gasteiger partial charge in [0.25, 0.3) is 0 Å². The van der Waals surface area contributed by atoms with Crippen molar-refractivity contribution in [2.24, 2.45) is 4.99 Å². The summed E-state index contributed by atoms with van der Waals surface area (Å²) in [6, 6.07) is 5.21. The van der Waals surface area contributed by atoms with E-state index in [9.17, 15) is 8.78 Å². The molecule has 0 radical (unpaired) electrons. The molecule has 1 heterocycles. The number of aryl methyl sites for hydroxylation is 1. The molecule has 1 aromatic heterocycles. The maximum atomic E-state index is 13.8. The number of hydrogen-bond acceptors (Lipinski definition) is 3. The van der Waals surface area contributed by atoms with Crippen molar-refractivity contribution in [3.05, 3.63) is 57.3 Å². The molecule has 27 heavy (non-hydrogen) atoms. The Balaban J connectivity index is 2.57. The topological polar surface area (TPSA) is 37.7 Å². The molecule has 2 rings (SSSR count). The Hall–Kier alpha value is -1.86. The highest BCUT2D eigenvalue weighted by Gasteiger charge is 2.34. The number of pyridine rings is 1. The zero-order chi connectivity index (χ0) is 20.2. The standard InChI is InChI=1S/C20H24BrF2N3O/c1-6-26(5)12-24-18-11-17(21)19(25-13(18)3)20(4,27-7-2)14-8-15(22)10-16(23)9-14/h8-12H,6-7H2,1-5H3. The fraction of sp³-hybridized carbons (Fsp3) is 0.400. The van der Waals surface area contributed by atoms with E-state index in [1.165, 1.54) is 12.1 Å². The molecule has 1 aromatic carbocycles. The van der Waals surface area contributed by atoms with Gasteiger partial charge in [-0.1, -0.05) is 0 Å². The lowest BCUT2D eigenvalue weighted by molar-refractivity contribution is -0.000277. The maximum Gasteiger partial charge on any atom is 0.133 e. The van der Waals surface area contributed by atoms with E-state index in [4.69, 9.17) is 4.74 Å². The van der Waals surface area contributed by atoms with Crippen LogP contribution in [-0.2, 0) is 10.3 Å². The molecule has 146 valence electrons. The molecule has 1 atom stereocenters. The number of rotatable bonds is 7. The van der Waals surface area contributed by atoms with Crippen LogP contribution in [0.25, 0.3) is 0 Å². The number of aliphatic imine (C=N–C) groups is 1. The molecule has 0 aliphatic heterocycles. The van der Waals surface area contributed by atoms with E-state index in [0.717, 1.165) is 12.6 Å². The minimum atomic E-state index is -1.12. The first-order valence-corrected chi connectivity index (χ1v) is 9.53. The van der Waals surface area contributed by atoms with Gasteiger partial charge in [0.1, 0.15) is 17.2 Å². The number of benzene rings is 1. The highest BCUT2D eigenvalue weighted by Crippen LogP contribution is 2.39. The molecule has 0 saturated carbocycles. The molecular formula is C20H24BrF2N3O. The van der Waals surface area contributed by atoms with E-state index >= 15 is 0 Å².